The minimum Gasteiger partial charge on any atom is -0.376 e. The summed E-state index contributed by atoms with van der Waals surface area (Å²) in [6, 6.07) is 12.2. The van der Waals surface area contributed by atoms with Crippen LogP contribution in [0, 0.1) is 6.92 Å². The molecule has 2 atom stereocenters. The minimum atomic E-state index is -0.586. The third-order valence-corrected chi connectivity index (χ3v) is 7.34. The SMILES string of the molecule is CC(=O)c1ccc(NC(=O)C[C@H]2SC(=Nc3ccc(C)c(Cl)c3)N(C[C@H]3CCCO3)C2=O)cc1. The Hall–Kier alpha value is -2.68. The Morgan fingerprint density at radius 3 is 2.65 bits per heavy atom. The summed E-state index contributed by atoms with van der Waals surface area (Å²) >= 11 is 7.54. The number of benzene rings is 2. The second kappa shape index (κ2) is 10.7. The van der Waals surface area contributed by atoms with Gasteiger partial charge in [-0.3, -0.25) is 19.3 Å². The number of carbonyl (C=O) groups is 3. The summed E-state index contributed by atoms with van der Waals surface area (Å²) in [5, 5.41) is 3.37. The Morgan fingerprint density at radius 1 is 1.24 bits per heavy atom. The van der Waals surface area contributed by atoms with Gasteiger partial charge in [-0.05, 0) is 68.7 Å². The Bertz CT molecular complexity index is 1130. The number of nitrogens with one attached hydrogen (secondary N) is 1. The number of ether oxygens (including phenoxy) is 1. The van der Waals surface area contributed by atoms with E-state index in [1.807, 2.05) is 19.1 Å². The summed E-state index contributed by atoms with van der Waals surface area (Å²) in [6.07, 6.45) is 1.82. The largest absolute Gasteiger partial charge is 0.376 e. The van der Waals surface area contributed by atoms with Crippen molar-refractivity contribution in [3.8, 4) is 0 Å². The fraction of sp³-hybridized carbons (Fsp3) is 0.360. The van der Waals surface area contributed by atoms with Gasteiger partial charge in [-0.25, -0.2) is 4.99 Å². The van der Waals surface area contributed by atoms with Crippen molar-refractivity contribution in [2.24, 2.45) is 4.99 Å². The maximum atomic E-state index is 13.2. The lowest BCUT2D eigenvalue weighted by atomic mass is 10.1. The van der Waals surface area contributed by atoms with Crippen LogP contribution >= 0.6 is 23.4 Å². The number of aliphatic imine (C=N–C) groups is 1. The molecule has 0 aliphatic carbocycles. The van der Waals surface area contributed by atoms with Crippen molar-refractivity contribution >= 4 is 57.5 Å². The van der Waals surface area contributed by atoms with Crippen molar-refractivity contribution in [3.63, 3.8) is 0 Å². The lowest BCUT2D eigenvalue weighted by Crippen LogP contribution is -2.38. The first-order chi connectivity index (χ1) is 16.3. The zero-order chi connectivity index (χ0) is 24.2. The number of amides is 2. The summed E-state index contributed by atoms with van der Waals surface area (Å²) in [7, 11) is 0. The van der Waals surface area contributed by atoms with Gasteiger partial charge in [0.05, 0.1) is 18.3 Å². The normalized spacial score (nSPS) is 21.3. The van der Waals surface area contributed by atoms with E-state index in [1.54, 1.807) is 35.2 Å². The van der Waals surface area contributed by atoms with Gasteiger partial charge in [-0.15, -0.1) is 0 Å². The van der Waals surface area contributed by atoms with Crippen LogP contribution in [0.4, 0.5) is 11.4 Å². The van der Waals surface area contributed by atoms with Gasteiger partial charge in [0.25, 0.3) is 0 Å². The Kier molecular flexibility index (Phi) is 7.70. The predicted octanol–water partition coefficient (Wildman–Crippen LogP) is 4.99. The lowest BCUT2D eigenvalue weighted by molar-refractivity contribution is -0.129. The number of amidine groups is 1. The fourth-order valence-corrected chi connectivity index (χ4v) is 5.16. The van der Waals surface area contributed by atoms with Crippen LogP contribution in [0.5, 0.6) is 0 Å². The van der Waals surface area contributed by atoms with Crippen LogP contribution in [0.1, 0.15) is 42.1 Å². The van der Waals surface area contributed by atoms with Crippen molar-refractivity contribution in [2.45, 2.75) is 44.5 Å². The number of aryl methyl sites for hydroxylation is 1. The highest BCUT2D eigenvalue weighted by Gasteiger charge is 2.40. The fourth-order valence-electron chi connectivity index (χ4n) is 3.82. The molecule has 0 radical (unpaired) electrons. The summed E-state index contributed by atoms with van der Waals surface area (Å²) in [5.74, 6) is -0.475. The van der Waals surface area contributed by atoms with E-state index in [0.29, 0.717) is 40.3 Å². The molecule has 1 N–H and O–H groups in total. The van der Waals surface area contributed by atoms with Crippen molar-refractivity contribution in [2.75, 3.05) is 18.5 Å². The molecule has 0 saturated carbocycles. The average Bonchev–Trinajstić information content (AvgIpc) is 3.41. The van der Waals surface area contributed by atoms with E-state index in [1.165, 1.54) is 18.7 Å². The molecule has 2 aromatic carbocycles. The Morgan fingerprint density at radius 2 is 2.00 bits per heavy atom. The van der Waals surface area contributed by atoms with Crippen LogP contribution in [0.3, 0.4) is 0 Å². The van der Waals surface area contributed by atoms with Crippen molar-refractivity contribution in [3.05, 3.63) is 58.6 Å². The molecule has 9 heteroatoms. The lowest BCUT2D eigenvalue weighted by Gasteiger charge is -2.20. The summed E-state index contributed by atoms with van der Waals surface area (Å²) < 4.78 is 5.74. The van der Waals surface area contributed by atoms with Gasteiger partial charge in [0.2, 0.25) is 11.8 Å². The molecular formula is C25H26ClN3O4S. The highest BCUT2D eigenvalue weighted by Crippen LogP contribution is 2.34. The molecule has 0 unspecified atom stereocenters. The molecule has 7 nitrogen and oxygen atoms in total. The Balaban J connectivity index is 1.49. The molecule has 2 aromatic rings. The highest BCUT2D eigenvalue weighted by molar-refractivity contribution is 8.15. The van der Waals surface area contributed by atoms with E-state index in [-0.39, 0.29) is 30.1 Å². The number of halogens is 1. The number of anilines is 1. The van der Waals surface area contributed by atoms with E-state index < -0.39 is 5.25 Å². The van der Waals surface area contributed by atoms with Crippen LogP contribution in [-0.4, -0.2) is 52.2 Å². The van der Waals surface area contributed by atoms with Crippen molar-refractivity contribution in [1.29, 1.82) is 0 Å². The van der Waals surface area contributed by atoms with Crippen molar-refractivity contribution < 1.29 is 19.1 Å². The van der Waals surface area contributed by atoms with Crippen LogP contribution in [0.2, 0.25) is 5.02 Å². The highest BCUT2D eigenvalue weighted by atomic mass is 35.5. The number of nitrogens with zero attached hydrogens (tertiary/aromatic N) is 2. The summed E-state index contributed by atoms with van der Waals surface area (Å²) in [4.78, 5) is 43.7. The monoisotopic (exact) mass is 499 g/mol. The molecule has 0 bridgehead atoms. The first-order valence-electron chi connectivity index (χ1n) is 11.2. The quantitative estimate of drug-likeness (QED) is 0.542. The van der Waals surface area contributed by atoms with Crippen LogP contribution < -0.4 is 5.32 Å². The molecular weight excluding hydrogens is 474 g/mol. The van der Waals surface area contributed by atoms with Gasteiger partial charge in [0, 0.05) is 29.3 Å². The number of rotatable bonds is 7. The van der Waals surface area contributed by atoms with Gasteiger partial charge in [0.15, 0.2) is 11.0 Å². The van der Waals surface area contributed by atoms with E-state index in [2.05, 4.69) is 10.3 Å². The maximum absolute atomic E-state index is 13.2. The molecule has 2 heterocycles. The van der Waals surface area contributed by atoms with E-state index in [0.717, 1.165) is 18.4 Å². The van der Waals surface area contributed by atoms with E-state index >= 15 is 0 Å². The molecule has 2 amide bonds. The number of ketones is 1. The minimum absolute atomic E-state index is 0.00760. The van der Waals surface area contributed by atoms with Gasteiger partial charge in [-0.2, -0.15) is 0 Å². The summed E-state index contributed by atoms with van der Waals surface area (Å²) in [5.41, 5.74) is 2.74. The average molecular weight is 500 g/mol. The molecule has 0 spiro atoms. The molecule has 2 aliphatic rings. The predicted molar refractivity (Wildman–Crippen MR) is 135 cm³/mol. The molecule has 178 valence electrons. The number of hydrogen-bond acceptors (Lipinski definition) is 6. The van der Waals surface area contributed by atoms with E-state index in [4.69, 9.17) is 16.3 Å². The second-order valence-corrected chi connectivity index (χ2v) is 9.98. The van der Waals surface area contributed by atoms with Gasteiger partial charge in [0.1, 0.15) is 5.25 Å². The first kappa shape index (κ1) is 24.4. The topological polar surface area (TPSA) is 88.1 Å². The molecule has 2 aliphatic heterocycles. The second-order valence-electron chi connectivity index (χ2n) is 8.40. The first-order valence-corrected chi connectivity index (χ1v) is 12.4. The standard InChI is InChI=1S/C25H26ClN3O4S/c1-15-5-8-19(12-21(15)26)28-25-29(14-20-4-3-11-33-20)24(32)22(34-25)13-23(31)27-18-9-6-17(7-10-18)16(2)30/h5-10,12,20,22H,3-4,11,13-14H2,1-2H3,(H,27,31)/t20-,22-/m1/s1. The number of hydrogen-bond donors (Lipinski definition) is 1. The third-order valence-electron chi connectivity index (χ3n) is 5.76. The maximum Gasteiger partial charge on any atom is 0.242 e. The molecule has 2 saturated heterocycles. The van der Waals surface area contributed by atoms with Gasteiger partial charge < -0.3 is 10.1 Å². The summed E-state index contributed by atoms with van der Waals surface area (Å²) in [6.45, 7) is 4.50. The van der Waals surface area contributed by atoms with Crippen LogP contribution in [-0.2, 0) is 14.3 Å². The van der Waals surface area contributed by atoms with Crippen LogP contribution in [0.15, 0.2) is 47.5 Å². The van der Waals surface area contributed by atoms with Crippen LogP contribution in [0.25, 0.3) is 0 Å². The molecule has 0 aromatic heterocycles. The number of carbonyl (C=O) groups excluding carboxylic acids is 3. The number of Topliss-reactive ketones (excluding diaryl/α,β-unsaturated/α-hetero) is 1. The van der Waals surface area contributed by atoms with Gasteiger partial charge >= 0.3 is 0 Å². The smallest absolute Gasteiger partial charge is 0.242 e. The molecule has 2 fully saturated rings. The Labute approximate surface area is 207 Å². The van der Waals surface area contributed by atoms with Gasteiger partial charge in [-0.1, -0.05) is 29.4 Å². The zero-order valence-electron chi connectivity index (χ0n) is 19.0. The number of thioether (sulfide) groups is 1. The third kappa shape index (κ3) is 5.87. The molecule has 4 rings (SSSR count). The van der Waals surface area contributed by atoms with Crippen molar-refractivity contribution in [1.82, 2.24) is 4.90 Å². The zero-order valence-corrected chi connectivity index (χ0v) is 20.6. The van der Waals surface area contributed by atoms with E-state index in [9.17, 15) is 14.4 Å². The molecule has 34 heavy (non-hydrogen) atoms.